The number of nitrogens with zero attached hydrogens (tertiary/aromatic N) is 4. The van der Waals surface area contributed by atoms with Crippen LogP contribution in [0.2, 0.25) is 0 Å². The standard InChI is InChI=1S/C12H21NO5.C8H12N4O5/c1-2-3-9(15)18-8-6-13-5-4-7(14)10(13)12(17)11(8)16;9-6(16)7-10-2-12(11-7)8-5(15)4(14)3(1-13)17-8/h7-8,10-12,14,16-17H,2-6H2,1H3;2-5,8,13-15H,1H2,(H2,9,16)/t7-,8-,10+,11+,12+;3-,4-,5-,8-/m01/s1. The number of amides is 1. The maximum Gasteiger partial charge on any atom is 0.306 e. The Morgan fingerprint density at radius 2 is 1.89 bits per heavy atom. The molecule has 0 spiro atoms. The molecule has 1 aromatic heterocycles. The number of aromatic nitrogens is 3. The quantitative estimate of drug-likeness (QED) is 0.183. The highest BCUT2D eigenvalue weighted by Crippen LogP contribution is 2.30. The molecule has 0 unspecified atom stereocenters. The molecule has 1 aromatic rings. The van der Waals surface area contributed by atoms with Gasteiger partial charge < -0.3 is 45.8 Å². The van der Waals surface area contributed by atoms with Crippen molar-refractivity contribution < 1.29 is 49.7 Å². The van der Waals surface area contributed by atoms with Gasteiger partial charge in [0.1, 0.15) is 43.0 Å². The Labute approximate surface area is 200 Å². The van der Waals surface area contributed by atoms with Gasteiger partial charge in [-0.15, -0.1) is 5.10 Å². The molecule has 9 atom stereocenters. The number of rotatable bonds is 6. The van der Waals surface area contributed by atoms with Crippen LogP contribution in [-0.4, -0.2) is 131 Å². The summed E-state index contributed by atoms with van der Waals surface area (Å²) >= 11 is 0. The third-order valence-electron chi connectivity index (χ3n) is 6.27. The van der Waals surface area contributed by atoms with E-state index in [-0.39, 0.29) is 11.8 Å². The summed E-state index contributed by atoms with van der Waals surface area (Å²) in [4.78, 5) is 27.7. The van der Waals surface area contributed by atoms with Crippen molar-refractivity contribution in [3.63, 3.8) is 0 Å². The van der Waals surface area contributed by atoms with Crippen LogP contribution in [0, 0.1) is 0 Å². The Morgan fingerprint density at radius 1 is 1.17 bits per heavy atom. The summed E-state index contributed by atoms with van der Waals surface area (Å²) in [6.45, 7) is 2.46. The smallest absolute Gasteiger partial charge is 0.306 e. The maximum atomic E-state index is 11.4. The molecule has 4 heterocycles. The number of esters is 1. The highest BCUT2D eigenvalue weighted by Gasteiger charge is 2.49. The number of carbonyl (C=O) groups excluding carboxylic acids is 2. The second-order valence-electron chi connectivity index (χ2n) is 8.74. The van der Waals surface area contributed by atoms with Gasteiger partial charge in [-0.3, -0.25) is 14.5 Å². The van der Waals surface area contributed by atoms with E-state index in [9.17, 15) is 35.1 Å². The van der Waals surface area contributed by atoms with Crippen molar-refractivity contribution in [2.75, 3.05) is 19.7 Å². The molecule has 3 aliphatic rings. The first-order chi connectivity index (χ1) is 16.6. The fraction of sp³-hybridized carbons (Fsp3) is 0.800. The number of ether oxygens (including phenoxy) is 2. The van der Waals surface area contributed by atoms with Crippen LogP contribution in [0.5, 0.6) is 0 Å². The van der Waals surface area contributed by atoms with Gasteiger partial charge in [0.15, 0.2) is 6.23 Å². The molecule has 3 aliphatic heterocycles. The van der Waals surface area contributed by atoms with Crippen molar-refractivity contribution in [3.05, 3.63) is 12.2 Å². The van der Waals surface area contributed by atoms with Crippen molar-refractivity contribution in [2.45, 2.75) is 81.2 Å². The number of primary amides is 1. The summed E-state index contributed by atoms with van der Waals surface area (Å²) in [6.07, 6.45) is -5.22. The lowest BCUT2D eigenvalue weighted by Gasteiger charge is -2.42. The van der Waals surface area contributed by atoms with Gasteiger partial charge >= 0.3 is 5.97 Å². The van der Waals surface area contributed by atoms with Crippen molar-refractivity contribution in [1.29, 1.82) is 0 Å². The van der Waals surface area contributed by atoms with E-state index in [0.29, 0.717) is 32.4 Å². The SMILES string of the molecule is CCCC(=O)O[C@H]1CN2CC[C@H](O)[C@@H]2[C@@H](O)[C@@H]1O.NC(=O)c1ncn([C@@H]2O[C@H](CO)[C@@H](O)[C@H]2O)n1. The number of hydrogen-bond donors (Lipinski definition) is 7. The Hall–Kier alpha value is -2.24. The number of aliphatic hydroxyl groups is 6. The van der Waals surface area contributed by atoms with Gasteiger partial charge in [0.25, 0.3) is 5.91 Å². The first-order valence-corrected chi connectivity index (χ1v) is 11.4. The highest BCUT2D eigenvalue weighted by atomic mass is 16.6. The molecule has 1 amide bonds. The first kappa shape index (κ1) is 27.3. The Bertz CT molecular complexity index is 871. The van der Waals surface area contributed by atoms with Crippen molar-refractivity contribution in [1.82, 2.24) is 19.7 Å². The van der Waals surface area contributed by atoms with Crippen LogP contribution in [0.1, 0.15) is 43.0 Å². The second kappa shape index (κ2) is 11.7. The zero-order valence-corrected chi connectivity index (χ0v) is 19.2. The van der Waals surface area contributed by atoms with Crippen LogP contribution >= 0.6 is 0 Å². The molecule has 35 heavy (non-hydrogen) atoms. The molecule has 3 saturated heterocycles. The van der Waals surface area contributed by atoms with Crippen LogP contribution in [-0.2, 0) is 14.3 Å². The molecule has 198 valence electrons. The molecule has 0 saturated carbocycles. The minimum atomic E-state index is -1.27. The average Bonchev–Trinajstić information content (AvgIpc) is 3.51. The fourth-order valence-corrected chi connectivity index (χ4v) is 4.43. The van der Waals surface area contributed by atoms with E-state index in [0.717, 1.165) is 11.0 Å². The van der Waals surface area contributed by atoms with Gasteiger partial charge in [0, 0.05) is 19.5 Å². The lowest BCUT2D eigenvalue weighted by atomic mass is 9.93. The molecule has 3 fully saturated rings. The lowest BCUT2D eigenvalue weighted by molar-refractivity contribution is -0.179. The zero-order chi connectivity index (χ0) is 25.9. The number of nitrogens with two attached hydrogens (primary N) is 1. The maximum absolute atomic E-state index is 11.4. The van der Waals surface area contributed by atoms with Gasteiger partial charge in [-0.1, -0.05) is 6.92 Å². The number of aliphatic hydroxyl groups excluding tert-OH is 6. The van der Waals surface area contributed by atoms with E-state index < -0.39 is 67.5 Å². The highest BCUT2D eigenvalue weighted by molar-refractivity contribution is 5.88. The third-order valence-corrected chi connectivity index (χ3v) is 6.27. The fourth-order valence-electron chi connectivity index (χ4n) is 4.43. The van der Waals surface area contributed by atoms with Crippen LogP contribution in [0.15, 0.2) is 6.33 Å². The second-order valence-corrected chi connectivity index (χ2v) is 8.74. The number of piperidine rings is 1. The number of hydrogen-bond acceptors (Lipinski definition) is 13. The van der Waals surface area contributed by atoms with Crippen molar-refractivity contribution >= 4 is 11.9 Å². The van der Waals surface area contributed by atoms with Gasteiger partial charge in [-0.2, -0.15) is 0 Å². The van der Waals surface area contributed by atoms with E-state index in [1.165, 1.54) is 0 Å². The molecule has 15 nitrogen and oxygen atoms in total. The van der Waals surface area contributed by atoms with Crippen molar-refractivity contribution in [2.24, 2.45) is 5.73 Å². The van der Waals surface area contributed by atoms with Crippen LogP contribution in [0.25, 0.3) is 0 Å². The summed E-state index contributed by atoms with van der Waals surface area (Å²) in [5.74, 6) is -1.38. The van der Waals surface area contributed by atoms with E-state index in [1.807, 2.05) is 11.8 Å². The van der Waals surface area contributed by atoms with Crippen LogP contribution < -0.4 is 5.73 Å². The van der Waals surface area contributed by atoms with Gasteiger partial charge in [0.05, 0.1) is 18.8 Å². The van der Waals surface area contributed by atoms with E-state index in [2.05, 4.69) is 10.1 Å². The number of carbonyl (C=O) groups is 2. The monoisotopic (exact) mass is 503 g/mol. The summed E-state index contributed by atoms with van der Waals surface area (Å²) in [6, 6.07) is -0.443. The van der Waals surface area contributed by atoms with E-state index >= 15 is 0 Å². The topological polar surface area (TPSA) is 234 Å². The largest absolute Gasteiger partial charge is 0.458 e. The van der Waals surface area contributed by atoms with Crippen LogP contribution in [0.3, 0.4) is 0 Å². The Kier molecular flexibility index (Phi) is 9.11. The summed E-state index contributed by atoms with van der Waals surface area (Å²) in [7, 11) is 0. The average molecular weight is 504 g/mol. The zero-order valence-electron chi connectivity index (χ0n) is 19.2. The normalized spacial score (nSPS) is 36.8. The van der Waals surface area contributed by atoms with Gasteiger partial charge in [-0.25, -0.2) is 9.67 Å². The molecule has 4 rings (SSSR count). The Balaban J connectivity index is 0.000000196. The third kappa shape index (κ3) is 5.95. The van der Waals surface area contributed by atoms with E-state index in [1.54, 1.807) is 0 Å². The predicted molar refractivity (Wildman–Crippen MR) is 114 cm³/mol. The molecule has 0 bridgehead atoms. The summed E-state index contributed by atoms with van der Waals surface area (Å²) in [5.41, 5.74) is 4.97. The van der Waals surface area contributed by atoms with Gasteiger partial charge in [0.2, 0.25) is 5.82 Å². The summed E-state index contributed by atoms with van der Waals surface area (Å²) in [5, 5.41) is 61.5. The van der Waals surface area contributed by atoms with E-state index in [4.69, 9.17) is 20.3 Å². The minimum Gasteiger partial charge on any atom is -0.458 e. The first-order valence-electron chi connectivity index (χ1n) is 11.4. The minimum absolute atomic E-state index is 0.220. The van der Waals surface area contributed by atoms with Crippen LogP contribution in [0.4, 0.5) is 0 Å². The van der Waals surface area contributed by atoms with Gasteiger partial charge in [-0.05, 0) is 12.8 Å². The molecular weight excluding hydrogens is 470 g/mol. The molecule has 0 aliphatic carbocycles. The molecule has 15 heteroatoms. The molecule has 8 N–H and O–H groups in total. The summed E-state index contributed by atoms with van der Waals surface area (Å²) < 4.78 is 11.4. The molecular formula is C20H33N5O10. The number of fused-ring (bicyclic) bond motifs is 1. The molecule has 0 aromatic carbocycles. The van der Waals surface area contributed by atoms with Crippen molar-refractivity contribution in [3.8, 4) is 0 Å². The predicted octanol–water partition coefficient (Wildman–Crippen LogP) is -4.14. The lowest BCUT2D eigenvalue weighted by Crippen LogP contribution is -2.62. The molecule has 0 radical (unpaired) electrons. The Morgan fingerprint density at radius 3 is 2.46 bits per heavy atom.